The van der Waals surface area contributed by atoms with E-state index in [4.69, 9.17) is 4.74 Å². The van der Waals surface area contributed by atoms with E-state index in [0.717, 1.165) is 38.8 Å². The first-order valence-corrected chi connectivity index (χ1v) is 7.65. The lowest BCUT2D eigenvalue weighted by atomic mass is 10.2. The van der Waals surface area contributed by atoms with Crippen molar-refractivity contribution in [3.63, 3.8) is 0 Å². The summed E-state index contributed by atoms with van der Waals surface area (Å²) < 4.78 is 5.55. The van der Waals surface area contributed by atoms with E-state index in [1.807, 2.05) is 7.05 Å². The summed E-state index contributed by atoms with van der Waals surface area (Å²) in [6.07, 6.45) is 4.72. The minimum atomic E-state index is 0.0181. The normalized spacial score (nSPS) is 18.1. The van der Waals surface area contributed by atoms with Crippen molar-refractivity contribution in [2.45, 2.75) is 52.1 Å². The molecule has 1 aliphatic heterocycles. The van der Waals surface area contributed by atoms with Crippen molar-refractivity contribution in [3.05, 3.63) is 0 Å². The molecule has 0 spiro atoms. The summed E-state index contributed by atoms with van der Waals surface area (Å²) in [5, 5.41) is 0. The zero-order valence-corrected chi connectivity index (χ0v) is 13.1. The Morgan fingerprint density at radius 2 is 2.05 bits per heavy atom. The van der Waals surface area contributed by atoms with Gasteiger partial charge in [0.2, 0.25) is 11.8 Å². The van der Waals surface area contributed by atoms with Gasteiger partial charge >= 0.3 is 0 Å². The van der Waals surface area contributed by atoms with Gasteiger partial charge in [-0.05, 0) is 19.3 Å². The predicted molar refractivity (Wildman–Crippen MR) is 78.4 cm³/mol. The topological polar surface area (TPSA) is 49.9 Å². The number of hydrogen-bond donors (Lipinski definition) is 0. The first-order chi connectivity index (χ1) is 9.54. The first-order valence-electron chi connectivity index (χ1n) is 7.65. The SMILES string of the molecule is CCCCN(C)C(=O)CCN(CC1CCCO1)C(C)=O. The van der Waals surface area contributed by atoms with Crippen LogP contribution in [-0.4, -0.2) is 61.0 Å². The van der Waals surface area contributed by atoms with Crippen LogP contribution in [0.5, 0.6) is 0 Å². The molecule has 2 amide bonds. The molecule has 1 atom stereocenters. The molecule has 0 bridgehead atoms. The summed E-state index contributed by atoms with van der Waals surface area (Å²) in [5.74, 6) is 0.126. The van der Waals surface area contributed by atoms with E-state index < -0.39 is 0 Å². The average Bonchev–Trinajstić information content (AvgIpc) is 2.92. The summed E-state index contributed by atoms with van der Waals surface area (Å²) in [7, 11) is 1.83. The Balaban J connectivity index is 2.34. The lowest BCUT2D eigenvalue weighted by molar-refractivity contribution is -0.133. The molecule has 0 aromatic carbocycles. The van der Waals surface area contributed by atoms with E-state index >= 15 is 0 Å². The Morgan fingerprint density at radius 1 is 1.30 bits per heavy atom. The molecule has 1 rings (SSSR count). The summed E-state index contributed by atoms with van der Waals surface area (Å²) in [5.41, 5.74) is 0. The molecule has 1 saturated heterocycles. The Bertz CT molecular complexity index is 314. The lowest BCUT2D eigenvalue weighted by Gasteiger charge is -2.25. The van der Waals surface area contributed by atoms with Gasteiger partial charge in [-0.3, -0.25) is 9.59 Å². The molecule has 0 saturated carbocycles. The molecular weight excluding hydrogens is 256 g/mol. The molecule has 0 aliphatic carbocycles. The third-order valence-corrected chi connectivity index (χ3v) is 3.76. The molecular formula is C15H28N2O3. The van der Waals surface area contributed by atoms with Gasteiger partial charge in [0, 0.05) is 46.6 Å². The smallest absolute Gasteiger partial charge is 0.224 e. The molecule has 20 heavy (non-hydrogen) atoms. The zero-order valence-electron chi connectivity index (χ0n) is 13.1. The van der Waals surface area contributed by atoms with Crippen molar-refractivity contribution >= 4 is 11.8 Å². The highest BCUT2D eigenvalue weighted by Gasteiger charge is 2.21. The van der Waals surface area contributed by atoms with Crippen LogP contribution < -0.4 is 0 Å². The van der Waals surface area contributed by atoms with Crippen molar-refractivity contribution in [1.82, 2.24) is 9.80 Å². The number of carbonyl (C=O) groups excluding carboxylic acids is 2. The number of hydrogen-bond acceptors (Lipinski definition) is 3. The molecule has 116 valence electrons. The van der Waals surface area contributed by atoms with Gasteiger partial charge < -0.3 is 14.5 Å². The van der Waals surface area contributed by atoms with Crippen LogP contribution in [0.15, 0.2) is 0 Å². The highest BCUT2D eigenvalue weighted by Crippen LogP contribution is 2.13. The minimum absolute atomic E-state index is 0.0181. The van der Waals surface area contributed by atoms with E-state index in [1.54, 1.807) is 16.7 Å². The van der Waals surface area contributed by atoms with Crippen molar-refractivity contribution in [2.24, 2.45) is 0 Å². The largest absolute Gasteiger partial charge is 0.376 e. The number of amides is 2. The highest BCUT2D eigenvalue weighted by molar-refractivity contribution is 5.78. The Kier molecular flexibility index (Phi) is 7.59. The molecule has 0 aromatic heterocycles. The molecule has 0 radical (unpaired) electrons. The van der Waals surface area contributed by atoms with Crippen LogP contribution in [0.1, 0.15) is 46.0 Å². The van der Waals surface area contributed by atoms with Crippen LogP contribution in [0, 0.1) is 0 Å². The monoisotopic (exact) mass is 284 g/mol. The van der Waals surface area contributed by atoms with Crippen LogP contribution in [0.25, 0.3) is 0 Å². The molecule has 0 N–H and O–H groups in total. The standard InChI is InChI=1S/C15H28N2O3/c1-4-5-9-16(3)15(19)8-10-17(13(2)18)12-14-7-6-11-20-14/h14H,4-12H2,1-3H3. The maximum absolute atomic E-state index is 12.0. The molecule has 1 unspecified atom stereocenters. The van der Waals surface area contributed by atoms with Crippen LogP contribution in [0.3, 0.4) is 0 Å². The lowest BCUT2D eigenvalue weighted by Crippen LogP contribution is -2.39. The molecule has 1 heterocycles. The van der Waals surface area contributed by atoms with Crippen molar-refractivity contribution in [3.8, 4) is 0 Å². The van der Waals surface area contributed by atoms with E-state index in [9.17, 15) is 9.59 Å². The minimum Gasteiger partial charge on any atom is -0.376 e. The van der Waals surface area contributed by atoms with Crippen molar-refractivity contribution in [2.75, 3.05) is 33.3 Å². The third-order valence-electron chi connectivity index (χ3n) is 3.76. The second-order valence-electron chi connectivity index (χ2n) is 5.52. The van der Waals surface area contributed by atoms with Gasteiger partial charge in [-0.25, -0.2) is 0 Å². The Hall–Kier alpha value is -1.10. The van der Waals surface area contributed by atoms with Gasteiger partial charge in [-0.2, -0.15) is 0 Å². The number of unbranched alkanes of at least 4 members (excludes halogenated alkanes) is 1. The van der Waals surface area contributed by atoms with E-state index in [2.05, 4.69) is 6.92 Å². The fraction of sp³-hybridized carbons (Fsp3) is 0.867. The van der Waals surface area contributed by atoms with E-state index in [1.165, 1.54) is 0 Å². The second kappa shape index (κ2) is 8.95. The van der Waals surface area contributed by atoms with Crippen LogP contribution in [0.4, 0.5) is 0 Å². The van der Waals surface area contributed by atoms with Gasteiger partial charge in [0.15, 0.2) is 0 Å². The summed E-state index contributed by atoms with van der Waals surface area (Å²) in [6, 6.07) is 0. The van der Waals surface area contributed by atoms with Crippen molar-refractivity contribution < 1.29 is 14.3 Å². The fourth-order valence-corrected chi connectivity index (χ4v) is 2.35. The van der Waals surface area contributed by atoms with Crippen LogP contribution in [0.2, 0.25) is 0 Å². The van der Waals surface area contributed by atoms with Crippen molar-refractivity contribution in [1.29, 1.82) is 0 Å². The van der Waals surface area contributed by atoms with Gasteiger partial charge in [-0.15, -0.1) is 0 Å². The maximum Gasteiger partial charge on any atom is 0.224 e. The molecule has 0 aromatic rings. The third kappa shape index (κ3) is 5.90. The highest BCUT2D eigenvalue weighted by atomic mass is 16.5. The number of nitrogens with zero attached hydrogens (tertiary/aromatic N) is 2. The zero-order chi connectivity index (χ0) is 15.0. The van der Waals surface area contributed by atoms with Crippen LogP contribution >= 0.6 is 0 Å². The van der Waals surface area contributed by atoms with Gasteiger partial charge in [-0.1, -0.05) is 13.3 Å². The Morgan fingerprint density at radius 3 is 2.60 bits per heavy atom. The second-order valence-corrected chi connectivity index (χ2v) is 5.52. The summed E-state index contributed by atoms with van der Waals surface area (Å²) in [6.45, 7) is 6.35. The summed E-state index contributed by atoms with van der Waals surface area (Å²) >= 11 is 0. The fourth-order valence-electron chi connectivity index (χ4n) is 2.35. The molecule has 1 fully saturated rings. The number of ether oxygens (including phenoxy) is 1. The van der Waals surface area contributed by atoms with Gasteiger partial charge in [0.1, 0.15) is 0 Å². The van der Waals surface area contributed by atoms with Gasteiger partial charge in [0.25, 0.3) is 0 Å². The molecule has 5 heteroatoms. The summed E-state index contributed by atoms with van der Waals surface area (Å²) in [4.78, 5) is 27.1. The maximum atomic E-state index is 12.0. The van der Waals surface area contributed by atoms with Gasteiger partial charge in [0.05, 0.1) is 6.10 Å². The quantitative estimate of drug-likeness (QED) is 0.681. The van der Waals surface area contributed by atoms with Crippen LogP contribution in [-0.2, 0) is 14.3 Å². The average molecular weight is 284 g/mol. The number of rotatable bonds is 8. The van der Waals surface area contributed by atoms with E-state index in [0.29, 0.717) is 19.5 Å². The molecule has 5 nitrogen and oxygen atoms in total. The molecule has 1 aliphatic rings. The van der Waals surface area contributed by atoms with E-state index in [-0.39, 0.29) is 17.9 Å². The first kappa shape index (κ1) is 17.0. The number of carbonyl (C=O) groups is 2. The predicted octanol–water partition coefficient (Wildman–Crippen LogP) is 1.66. The Labute approximate surface area is 122 Å².